The largest absolute Gasteiger partial charge is 0.573 e. The molecule has 1 heterocycles. The van der Waals surface area contributed by atoms with Crippen LogP contribution in [-0.2, 0) is 6.54 Å². The van der Waals surface area contributed by atoms with Gasteiger partial charge in [0.15, 0.2) is 5.69 Å². The Kier molecular flexibility index (Phi) is 5.68. The Morgan fingerprint density at radius 1 is 1.32 bits per heavy atom. The average molecular weight is 357 g/mol. The standard InChI is InChI=1S/C16H18F3N3O3/c1-9(2)13(20)15-22-12(8-24-15)14(23)21-7-10-3-5-11(6-4-10)25-16(17,18)19/h3-6,8-9,13H,7,20H2,1-2H3,(H,21,23). The van der Waals surface area contributed by atoms with Gasteiger partial charge in [-0.2, -0.15) is 0 Å². The molecular weight excluding hydrogens is 339 g/mol. The van der Waals surface area contributed by atoms with E-state index in [4.69, 9.17) is 10.2 Å². The van der Waals surface area contributed by atoms with Crippen LogP contribution in [0.3, 0.4) is 0 Å². The number of halogens is 3. The fraction of sp³-hybridized carbons (Fsp3) is 0.375. The smallest absolute Gasteiger partial charge is 0.446 e. The van der Waals surface area contributed by atoms with Crippen molar-refractivity contribution in [2.45, 2.75) is 32.8 Å². The minimum absolute atomic E-state index is 0.0862. The second kappa shape index (κ2) is 7.56. The van der Waals surface area contributed by atoms with E-state index in [1.54, 1.807) is 0 Å². The Balaban J connectivity index is 1.92. The van der Waals surface area contributed by atoms with E-state index < -0.39 is 18.3 Å². The fourth-order valence-corrected chi connectivity index (χ4v) is 1.91. The van der Waals surface area contributed by atoms with Crippen molar-refractivity contribution in [2.75, 3.05) is 0 Å². The number of nitrogens with one attached hydrogen (secondary N) is 1. The van der Waals surface area contributed by atoms with Gasteiger partial charge in [-0.15, -0.1) is 13.2 Å². The number of carbonyl (C=O) groups is 1. The molecule has 0 saturated carbocycles. The van der Waals surface area contributed by atoms with Gasteiger partial charge in [0.1, 0.15) is 12.0 Å². The van der Waals surface area contributed by atoms with Crippen LogP contribution in [0.2, 0.25) is 0 Å². The first-order chi connectivity index (χ1) is 11.7. The molecule has 0 aliphatic carbocycles. The first kappa shape index (κ1) is 18.8. The van der Waals surface area contributed by atoms with Crippen LogP contribution in [0.1, 0.15) is 41.8 Å². The molecule has 0 radical (unpaired) electrons. The quantitative estimate of drug-likeness (QED) is 0.829. The van der Waals surface area contributed by atoms with E-state index >= 15 is 0 Å². The van der Waals surface area contributed by atoms with Crippen molar-refractivity contribution in [3.63, 3.8) is 0 Å². The maximum absolute atomic E-state index is 12.1. The lowest BCUT2D eigenvalue weighted by atomic mass is 10.1. The molecule has 2 aromatic rings. The summed E-state index contributed by atoms with van der Waals surface area (Å²) in [5.41, 5.74) is 6.58. The number of rotatable bonds is 6. The molecule has 0 saturated heterocycles. The number of carbonyl (C=O) groups excluding carboxylic acids is 1. The van der Waals surface area contributed by atoms with E-state index in [1.165, 1.54) is 30.5 Å². The molecule has 6 nitrogen and oxygen atoms in total. The summed E-state index contributed by atoms with van der Waals surface area (Å²) >= 11 is 0. The van der Waals surface area contributed by atoms with Gasteiger partial charge in [-0.05, 0) is 23.6 Å². The lowest BCUT2D eigenvalue weighted by Crippen LogP contribution is -2.23. The number of hydrogen-bond donors (Lipinski definition) is 2. The zero-order valence-corrected chi connectivity index (χ0v) is 13.6. The average Bonchev–Trinajstić information content (AvgIpc) is 3.01. The molecular formula is C16H18F3N3O3. The first-order valence-corrected chi connectivity index (χ1v) is 7.49. The molecule has 0 fully saturated rings. The molecule has 2 rings (SSSR count). The van der Waals surface area contributed by atoms with E-state index in [0.29, 0.717) is 5.56 Å². The molecule has 9 heteroatoms. The zero-order chi connectivity index (χ0) is 18.6. The lowest BCUT2D eigenvalue weighted by Gasteiger charge is -2.10. The van der Waals surface area contributed by atoms with Crippen molar-refractivity contribution in [3.8, 4) is 5.75 Å². The highest BCUT2D eigenvalue weighted by molar-refractivity contribution is 5.91. The van der Waals surface area contributed by atoms with Crippen LogP contribution >= 0.6 is 0 Å². The van der Waals surface area contributed by atoms with Crippen LogP contribution in [0, 0.1) is 5.92 Å². The molecule has 1 atom stereocenters. The van der Waals surface area contributed by atoms with Gasteiger partial charge in [0, 0.05) is 6.54 Å². The molecule has 136 valence electrons. The van der Waals surface area contributed by atoms with Crippen LogP contribution in [0.5, 0.6) is 5.75 Å². The molecule has 3 N–H and O–H groups in total. The van der Waals surface area contributed by atoms with E-state index in [2.05, 4.69) is 15.0 Å². The predicted molar refractivity (Wildman–Crippen MR) is 82.6 cm³/mol. The Labute approximate surface area is 142 Å². The Morgan fingerprint density at radius 2 is 1.96 bits per heavy atom. The molecule has 1 amide bonds. The SMILES string of the molecule is CC(C)C(N)c1nc(C(=O)NCc2ccc(OC(F)(F)F)cc2)co1. The maximum atomic E-state index is 12.1. The third-order valence-electron chi connectivity index (χ3n) is 3.37. The normalized spacial score (nSPS) is 12.9. The van der Waals surface area contributed by atoms with Crippen molar-refractivity contribution in [3.05, 3.63) is 47.7 Å². The van der Waals surface area contributed by atoms with E-state index in [1.807, 2.05) is 13.8 Å². The molecule has 1 aromatic carbocycles. The monoisotopic (exact) mass is 357 g/mol. The summed E-state index contributed by atoms with van der Waals surface area (Å²) in [7, 11) is 0. The van der Waals surface area contributed by atoms with Crippen LogP contribution in [-0.4, -0.2) is 17.3 Å². The van der Waals surface area contributed by atoms with Crippen LogP contribution in [0.15, 0.2) is 34.9 Å². The predicted octanol–water partition coefficient (Wildman–Crippen LogP) is 3.16. The summed E-state index contributed by atoms with van der Waals surface area (Å²) in [6, 6.07) is 4.77. The van der Waals surface area contributed by atoms with Gasteiger partial charge in [0.05, 0.1) is 6.04 Å². The zero-order valence-electron chi connectivity index (χ0n) is 13.6. The number of alkyl halides is 3. The topological polar surface area (TPSA) is 90.4 Å². The number of benzene rings is 1. The highest BCUT2D eigenvalue weighted by Crippen LogP contribution is 2.22. The number of nitrogens with two attached hydrogens (primary N) is 1. The summed E-state index contributed by atoms with van der Waals surface area (Å²) in [6.07, 6.45) is -3.52. The van der Waals surface area contributed by atoms with Crippen molar-refractivity contribution >= 4 is 5.91 Å². The van der Waals surface area contributed by atoms with Crippen LogP contribution < -0.4 is 15.8 Å². The Bertz CT molecular complexity index is 711. The molecule has 1 unspecified atom stereocenters. The summed E-state index contributed by atoms with van der Waals surface area (Å²) in [5, 5.41) is 2.60. The summed E-state index contributed by atoms with van der Waals surface area (Å²) in [4.78, 5) is 16.1. The maximum Gasteiger partial charge on any atom is 0.573 e. The van der Waals surface area contributed by atoms with Gasteiger partial charge in [-0.1, -0.05) is 26.0 Å². The number of oxazole rings is 1. The van der Waals surface area contributed by atoms with E-state index in [0.717, 1.165) is 0 Å². The van der Waals surface area contributed by atoms with Crippen molar-refractivity contribution in [2.24, 2.45) is 11.7 Å². The molecule has 25 heavy (non-hydrogen) atoms. The second-order valence-corrected chi connectivity index (χ2v) is 5.72. The number of amides is 1. The van der Waals surface area contributed by atoms with Crippen molar-refractivity contribution in [1.29, 1.82) is 0 Å². The summed E-state index contributed by atoms with van der Waals surface area (Å²) < 4.78 is 45.2. The third-order valence-corrected chi connectivity index (χ3v) is 3.37. The van der Waals surface area contributed by atoms with Crippen molar-refractivity contribution in [1.82, 2.24) is 10.3 Å². The van der Waals surface area contributed by atoms with Gasteiger partial charge in [-0.25, -0.2) is 4.98 Å². The Morgan fingerprint density at radius 3 is 2.52 bits per heavy atom. The molecule has 0 bridgehead atoms. The highest BCUT2D eigenvalue weighted by Gasteiger charge is 2.30. The minimum atomic E-state index is -4.74. The van der Waals surface area contributed by atoms with E-state index in [9.17, 15) is 18.0 Å². The van der Waals surface area contributed by atoms with Crippen molar-refractivity contribution < 1.29 is 27.1 Å². The fourth-order valence-electron chi connectivity index (χ4n) is 1.91. The number of aromatic nitrogens is 1. The van der Waals surface area contributed by atoms with Crippen LogP contribution in [0.4, 0.5) is 13.2 Å². The highest BCUT2D eigenvalue weighted by atomic mass is 19.4. The summed E-state index contributed by atoms with van der Waals surface area (Å²) in [5.74, 6) is -0.422. The minimum Gasteiger partial charge on any atom is -0.446 e. The molecule has 0 aliphatic rings. The van der Waals surface area contributed by atoms with Crippen LogP contribution in [0.25, 0.3) is 0 Å². The third kappa shape index (κ3) is 5.49. The van der Waals surface area contributed by atoms with Gasteiger partial charge < -0.3 is 20.2 Å². The summed E-state index contributed by atoms with van der Waals surface area (Å²) in [6.45, 7) is 3.92. The van der Waals surface area contributed by atoms with E-state index in [-0.39, 0.29) is 29.8 Å². The Hall–Kier alpha value is -2.55. The number of hydrogen-bond acceptors (Lipinski definition) is 5. The van der Waals surface area contributed by atoms with Gasteiger partial charge >= 0.3 is 6.36 Å². The number of nitrogens with zero attached hydrogens (tertiary/aromatic N) is 1. The molecule has 0 spiro atoms. The van der Waals surface area contributed by atoms with Gasteiger partial charge in [0.25, 0.3) is 5.91 Å². The molecule has 0 aliphatic heterocycles. The number of ether oxygens (including phenoxy) is 1. The second-order valence-electron chi connectivity index (χ2n) is 5.72. The molecule has 1 aromatic heterocycles. The lowest BCUT2D eigenvalue weighted by molar-refractivity contribution is -0.274. The van der Waals surface area contributed by atoms with Gasteiger partial charge in [-0.3, -0.25) is 4.79 Å². The first-order valence-electron chi connectivity index (χ1n) is 7.49. The van der Waals surface area contributed by atoms with Gasteiger partial charge in [0.2, 0.25) is 5.89 Å².